The average Bonchev–Trinajstić information content (AvgIpc) is 3.03. The van der Waals surface area contributed by atoms with Crippen LogP contribution < -0.4 is 9.47 Å². The summed E-state index contributed by atoms with van der Waals surface area (Å²) in [6.45, 7) is 6.89. The van der Waals surface area contributed by atoms with Crippen LogP contribution in [0.1, 0.15) is 23.1 Å². The smallest absolute Gasteiger partial charge is 0.237 e. The predicted molar refractivity (Wildman–Crippen MR) is 121 cm³/mol. The molecule has 0 unspecified atom stereocenters. The summed E-state index contributed by atoms with van der Waals surface area (Å²) < 4.78 is 10.9. The Kier molecular flexibility index (Phi) is 7.10. The van der Waals surface area contributed by atoms with Crippen molar-refractivity contribution in [2.24, 2.45) is 0 Å². The summed E-state index contributed by atoms with van der Waals surface area (Å²) in [7, 11) is 3.31. The minimum atomic E-state index is 0.219. The number of amides is 1. The van der Waals surface area contributed by atoms with Crippen molar-refractivity contribution in [2.45, 2.75) is 25.9 Å². The molecular weight excluding hydrogens is 390 g/mol. The van der Waals surface area contributed by atoms with E-state index >= 15 is 0 Å². The molecule has 0 bridgehead atoms. The number of nitrogens with zero attached hydrogens (tertiary/aromatic N) is 3. The van der Waals surface area contributed by atoms with Crippen LogP contribution in [0.2, 0.25) is 0 Å². The molecule has 2 heterocycles. The second-order valence-corrected chi connectivity index (χ2v) is 8.43. The Morgan fingerprint density at radius 1 is 0.871 bits per heavy atom. The zero-order valence-corrected chi connectivity index (χ0v) is 18.7. The second-order valence-electron chi connectivity index (χ2n) is 8.43. The van der Waals surface area contributed by atoms with Gasteiger partial charge in [-0.15, -0.1) is 0 Å². The second kappa shape index (κ2) is 10.2. The molecule has 0 aliphatic carbocycles. The minimum Gasteiger partial charge on any atom is -0.493 e. The van der Waals surface area contributed by atoms with E-state index in [4.69, 9.17) is 9.47 Å². The molecule has 0 saturated carbocycles. The fourth-order valence-electron chi connectivity index (χ4n) is 4.57. The van der Waals surface area contributed by atoms with Crippen molar-refractivity contribution in [1.29, 1.82) is 0 Å². The molecule has 2 aliphatic rings. The number of carbonyl (C=O) groups excluding carboxylic acids is 1. The summed E-state index contributed by atoms with van der Waals surface area (Å²) in [6, 6.07) is 14.7. The number of rotatable bonds is 6. The van der Waals surface area contributed by atoms with Crippen molar-refractivity contribution in [3.05, 3.63) is 59.2 Å². The van der Waals surface area contributed by atoms with Crippen molar-refractivity contribution in [3.63, 3.8) is 0 Å². The van der Waals surface area contributed by atoms with E-state index in [-0.39, 0.29) is 5.91 Å². The summed E-state index contributed by atoms with van der Waals surface area (Å²) in [4.78, 5) is 19.9. The molecule has 0 N–H and O–H groups in total. The van der Waals surface area contributed by atoms with Gasteiger partial charge in [0.15, 0.2) is 11.5 Å². The minimum absolute atomic E-state index is 0.219. The Morgan fingerprint density at radius 3 is 2.29 bits per heavy atom. The number of ether oxygens (including phenoxy) is 2. The van der Waals surface area contributed by atoms with Gasteiger partial charge in [0.1, 0.15) is 0 Å². The molecule has 2 aliphatic heterocycles. The molecule has 0 aromatic heterocycles. The first kappa shape index (κ1) is 21.7. The third-order valence-corrected chi connectivity index (χ3v) is 6.36. The molecule has 0 spiro atoms. The van der Waals surface area contributed by atoms with Crippen molar-refractivity contribution in [2.75, 3.05) is 53.5 Å². The SMILES string of the molecule is COc1cc2c(cc1OC)CN(C(=O)CN1CCCN(Cc3ccccc3)CC1)CC2. The molecule has 1 saturated heterocycles. The number of carbonyl (C=O) groups is 1. The molecule has 6 heteroatoms. The highest BCUT2D eigenvalue weighted by atomic mass is 16.5. The molecule has 2 aromatic carbocycles. The third-order valence-electron chi connectivity index (χ3n) is 6.36. The predicted octanol–water partition coefficient (Wildman–Crippen LogP) is 2.80. The van der Waals surface area contributed by atoms with Gasteiger partial charge in [-0.25, -0.2) is 0 Å². The molecule has 1 amide bonds. The van der Waals surface area contributed by atoms with Gasteiger partial charge in [0.2, 0.25) is 5.91 Å². The monoisotopic (exact) mass is 423 g/mol. The van der Waals surface area contributed by atoms with E-state index in [2.05, 4.69) is 40.1 Å². The Bertz CT molecular complexity index is 887. The van der Waals surface area contributed by atoms with Crippen LogP contribution in [0.15, 0.2) is 42.5 Å². The van der Waals surface area contributed by atoms with Gasteiger partial charge in [0.05, 0.1) is 20.8 Å². The summed E-state index contributed by atoms with van der Waals surface area (Å²) in [5.74, 6) is 1.70. The Morgan fingerprint density at radius 2 is 1.55 bits per heavy atom. The van der Waals surface area contributed by atoms with E-state index in [0.717, 1.165) is 69.2 Å². The van der Waals surface area contributed by atoms with E-state index in [9.17, 15) is 4.79 Å². The lowest BCUT2D eigenvalue weighted by molar-refractivity contribution is -0.133. The fraction of sp³-hybridized carbons (Fsp3) is 0.480. The lowest BCUT2D eigenvalue weighted by atomic mass is 9.98. The number of methoxy groups -OCH3 is 2. The molecule has 31 heavy (non-hydrogen) atoms. The van der Waals surface area contributed by atoms with Crippen molar-refractivity contribution in [1.82, 2.24) is 14.7 Å². The first-order valence-electron chi connectivity index (χ1n) is 11.2. The number of benzene rings is 2. The van der Waals surface area contributed by atoms with Gasteiger partial charge >= 0.3 is 0 Å². The fourth-order valence-corrected chi connectivity index (χ4v) is 4.57. The van der Waals surface area contributed by atoms with Crippen LogP contribution in [-0.4, -0.2) is 74.1 Å². The van der Waals surface area contributed by atoms with E-state index in [1.807, 2.05) is 17.0 Å². The van der Waals surface area contributed by atoms with Gasteiger partial charge in [-0.3, -0.25) is 14.6 Å². The summed E-state index contributed by atoms with van der Waals surface area (Å²) >= 11 is 0. The van der Waals surface area contributed by atoms with Crippen LogP contribution in [0, 0.1) is 0 Å². The highest BCUT2D eigenvalue weighted by molar-refractivity contribution is 5.78. The highest BCUT2D eigenvalue weighted by Gasteiger charge is 2.25. The first-order valence-corrected chi connectivity index (χ1v) is 11.2. The molecule has 1 fully saturated rings. The Labute approximate surface area is 185 Å². The lowest BCUT2D eigenvalue weighted by Gasteiger charge is -2.31. The van der Waals surface area contributed by atoms with Gasteiger partial charge in [-0.05, 0) is 54.8 Å². The topological polar surface area (TPSA) is 45.3 Å². The van der Waals surface area contributed by atoms with E-state index in [1.165, 1.54) is 11.1 Å². The van der Waals surface area contributed by atoms with Crippen LogP contribution in [0.3, 0.4) is 0 Å². The molecule has 0 radical (unpaired) electrons. The molecule has 6 nitrogen and oxygen atoms in total. The largest absolute Gasteiger partial charge is 0.493 e. The standard InChI is InChI=1S/C25H33N3O3/c1-30-23-15-21-9-12-28(18-22(21)16-24(23)31-2)25(29)19-27-11-6-10-26(13-14-27)17-20-7-4-3-5-8-20/h3-5,7-8,15-16H,6,9-14,17-19H2,1-2H3. The van der Waals surface area contributed by atoms with E-state index in [0.29, 0.717) is 13.1 Å². The summed E-state index contributed by atoms with van der Waals surface area (Å²) in [5, 5.41) is 0. The maximum absolute atomic E-state index is 13.1. The van der Waals surface area contributed by atoms with Crippen molar-refractivity contribution < 1.29 is 14.3 Å². The van der Waals surface area contributed by atoms with Crippen LogP contribution in [-0.2, 0) is 24.3 Å². The zero-order chi connectivity index (χ0) is 21.6. The molecule has 0 atom stereocenters. The molecule has 2 aromatic rings. The van der Waals surface area contributed by atoms with Crippen LogP contribution in [0.5, 0.6) is 11.5 Å². The Balaban J connectivity index is 1.31. The Hall–Kier alpha value is -2.57. The molecule has 166 valence electrons. The van der Waals surface area contributed by atoms with Crippen molar-refractivity contribution >= 4 is 5.91 Å². The van der Waals surface area contributed by atoms with Gasteiger partial charge in [-0.2, -0.15) is 0 Å². The molecular formula is C25H33N3O3. The zero-order valence-electron chi connectivity index (χ0n) is 18.7. The summed E-state index contributed by atoms with van der Waals surface area (Å²) in [6.07, 6.45) is 1.95. The van der Waals surface area contributed by atoms with E-state index in [1.54, 1.807) is 14.2 Å². The first-order chi connectivity index (χ1) is 15.2. The quantitative estimate of drug-likeness (QED) is 0.715. The number of hydrogen-bond donors (Lipinski definition) is 0. The van der Waals surface area contributed by atoms with Crippen molar-refractivity contribution in [3.8, 4) is 11.5 Å². The number of hydrogen-bond acceptors (Lipinski definition) is 5. The lowest BCUT2D eigenvalue weighted by Crippen LogP contribution is -2.43. The third kappa shape index (κ3) is 5.38. The normalized spacial score (nSPS) is 17.7. The average molecular weight is 424 g/mol. The van der Waals surface area contributed by atoms with Gasteiger partial charge in [0.25, 0.3) is 0 Å². The molecule has 4 rings (SSSR count). The van der Waals surface area contributed by atoms with Gasteiger partial charge in [-0.1, -0.05) is 30.3 Å². The maximum Gasteiger partial charge on any atom is 0.237 e. The maximum atomic E-state index is 13.1. The van der Waals surface area contributed by atoms with Crippen LogP contribution >= 0.6 is 0 Å². The van der Waals surface area contributed by atoms with E-state index < -0.39 is 0 Å². The number of fused-ring (bicyclic) bond motifs is 1. The van der Waals surface area contributed by atoms with Gasteiger partial charge < -0.3 is 14.4 Å². The van der Waals surface area contributed by atoms with Crippen LogP contribution in [0.4, 0.5) is 0 Å². The highest BCUT2D eigenvalue weighted by Crippen LogP contribution is 2.33. The van der Waals surface area contributed by atoms with Gasteiger partial charge in [0, 0.05) is 32.7 Å². The summed E-state index contributed by atoms with van der Waals surface area (Å²) in [5.41, 5.74) is 3.75. The van der Waals surface area contributed by atoms with Crippen LogP contribution in [0.25, 0.3) is 0 Å².